The van der Waals surface area contributed by atoms with Crippen molar-refractivity contribution >= 4 is 0 Å². The third kappa shape index (κ3) is 3.08. The average molecular weight is 272 g/mol. The van der Waals surface area contributed by atoms with Crippen LogP contribution in [-0.4, -0.2) is 9.78 Å². The van der Waals surface area contributed by atoms with E-state index in [-0.39, 0.29) is 6.04 Å². The van der Waals surface area contributed by atoms with E-state index in [9.17, 15) is 0 Å². The minimum absolute atomic E-state index is 0.0215. The van der Waals surface area contributed by atoms with Crippen molar-refractivity contribution in [3.8, 4) is 0 Å². The number of nitrogens with one attached hydrogen (secondary N) is 1. The minimum atomic E-state index is -0.0215. The number of aromatic nitrogens is 2. The molecule has 0 saturated heterocycles. The Hall–Kier alpha value is -1.65. The minimum Gasteiger partial charge on any atom is -0.271 e. The summed E-state index contributed by atoms with van der Waals surface area (Å²) in [4.78, 5) is 0. The first kappa shape index (κ1) is 14.8. The zero-order valence-corrected chi connectivity index (χ0v) is 12.6. The van der Waals surface area contributed by atoms with Gasteiger partial charge in [-0.3, -0.25) is 10.5 Å². The lowest BCUT2D eigenvalue weighted by atomic mass is 10.0. The van der Waals surface area contributed by atoms with Crippen LogP contribution in [-0.2, 0) is 13.0 Å². The number of benzene rings is 1. The quantitative estimate of drug-likeness (QED) is 0.628. The fraction of sp³-hybridized carbons (Fsp3) is 0.438. The lowest BCUT2D eigenvalue weighted by molar-refractivity contribution is 0.542. The van der Waals surface area contributed by atoms with E-state index < -0.39 is 0 Å². The second-order valence-corrected chi connectivity index (χ2v) is 5.12. The molecule has 0 aliphatic heterocycles. The van der Waals surface area contributed by atoms with Crippen LogP contribution in [0.3, 0.4) is 0 Å². The van der Waals surface area contributed by atoms with Crippen molar-refractivity contribution in [1.29, 1.82) is 0 Å². The number of nitrogens with two attached hydrogens (primary N) is 1. The Kier molecular flexibility index (Phi) is 4.93. The predicted octanol–water partition coefficient (Wildman–Crippen LogP) is 2.72. The number of nitrogens with zero attached hydrogens (tertiary/aromatic N) is 2. The number of hydrogen-bond acceptors (Lipinski definition) is 3. The topological polar surface area (TPSA) is 55.9 Å². The van der Waals surface area contributed by atoms with Gasteiger partial charge in [-0.15, -0.1) is 0 Å². The van der Waals surface area contributed by atoms with Gasteiger partial charge in [-0.05, 0) is 37.5 Å². The number of hydrogen-bond donors (Lipinski definition) is 2. The zero-order valence-electron chi connectivity index (χ0n) is 12.6. The molecule has 1 aromatic carbocycles. The van der Waals surface area contributed by atoms with E-state index in [4.69, 9.17) is 5.84 Å². The van der Waals surface area contributed by atoms with Gasteiger partial charge in [-0.2, -0.15) is 5.10 Å². The Bertz CT molecular complexity index is 542. The molecule has 3 N–H and O–H groups in total. The molecule has 0 amide bonds. The first-order valence-corrected chi connectivity index (χ1v) is 7.28. The van der Waals surface area contributed by atoms with Gasteiger partial charge < -0.3 is 0 Å². The maximum Gasteiger partial charge on any atom is 0.0878 e. The third-order valence-corrected chi connectivity index (χ3v) is 3.55. The van der Waals surface area contributed by atoms with Crippen molar-refractivity contribution in [2.45, 2.75) is 46.2 Å². The molecule has 20 heavy (non-hydrogen) atoms. The maximum absolute atomic E-state index is 5.78. The average Bonchev–Trinajstić information content (AvgIpc) is 2.83. The normalized spacial score (nSPS) is 12.6. The Morgan fingerprint density at radius 1 is 1.25 bits per heavy atom. The van der Waals surface area contributed by atoms with Crippen molar-refractivity contribution in [2.75, 3.05) is 0 Å². The van der Waals surface area contributed by atoms with Crippen molar-refractivity contribution < 1.29 is 0 Å². The fourth-order valence-corrected chi connectivity index (χ4v) is 2.57. The van der Waals surface area contributed by atoms with E-state index in [1.807, 2.05) is 11.6 Å². The summed E-state index contributed by atoms with van der Waals surface area (Å²) >= 11 is 0. The van der Waals surface area contributed by atoms with Crippen molar-refractivity contribution in [3.63, 3.8) is 0 Å². The van der Waals surface area contributed by atoms with Crippen LogP contribution < -0.4 is 11.3 Å². The SMILES string of the molecule is CCCc1ccc(C(NN)c2cc(C)nn2CC)cc1. The van der Waals surface area contributed by atoms with E-state index >= 15 is 0 Å². The molecular weight excluding hydrogens is 248 g/mol. The van der Waals surface area contributed by atoms with Crippen LogP contribution in [0.1, 0.15) is 48.8 Å². The van der Waals surface area contributed by atoms with Gasteiger partial charge in [0.25, 0.3) is 0 Å². The maximum atomic E-state index is 5.78. The summed E-state index contributed by atoms with van der Waals surface area (Å²) in [6.45, 7) is 7.14. The Morgan fingerprint density at radius 3 is 2.50 bits per heavy atom. The van der Waals surface area contributed by atoms with Gasteiger partial charge in [-0.25, -0.2) is 5.43 Å². The number of aryl methyl sites for hydroxylation is 3. The van der Waals surface area contributed by atoms with Gasteiger partial charge in [0.05, 0.1) is 17.4 Å². The van der Waals surface area contributed by atoms with Crippen LogP contribution in [0.4, 0.5) is 0 Å². The second kappa shape index (κ2) is 6.68. The van der Waals surface area contributed by atoms with Crippen molar-refractivity contribution in [1.82, 2.24) is 15.2 Å². The molecule has 4 heteroatoms. The molecule has 2 rings (SSSR count). The lowest BCUT2D eigenvalue weighted by Gasteiger charge is -2.18. The molecule has 0 aliphatic carbocycles. The molecule has 0 fully saturated rings. The van der Waals surface area contributed by atoms with E-state index in [2.05, 4.69) is 54.7 Å². The highest BCUT2D eigenvalue weighted by Crippen LogP contribution is 2.23. The highest BCUT2D eigenvalue weighted by molar-refractivity contribution is 5.31. The standard InChI is InChI=1S/C16H24N4/c1-4-6-13-7-9-14(10-8-13)16(18-17)15-11-12(3)19-20(15)5-2/h7-11,16,18H,4-6,17H2,1-3H3. The molecule has 0 spiro atoms. The molecule has 1 aromatic heterocycles. The molecule has 4 nitrogen and oxygen atoms in total. The van der Waals surface area contributed by atoms with Crippen LogP contribution in [0.2, 0.25) is 0 Å². The van der Waals surface area contributed by atoms with E-state index in [1.54, 1.807) is 0 Å². The van der Waals surface area contributed by atoms with Crippen LogP contribution in [0.15, 0.2) is 30.3 Å². The largest absolute Gasteiger partial charge is 0.271 e. The van der Waals surface area contributed by atoms with Crippen LogP contribution in [0.25, 0.3) is 0 Å². The second-order valence-electron chi connectivity index (χ2n) is 5.12. The number of rotatable bonds is 6. The summed E-state index contributed by atoms with van der Waals surface area (Å²) < 4.78 is 2.00. The van der Waals surface area contributed by atoms with Gasteiger partial charge in [0.15, 0.2) is 0 Å². The molecule has 0 bridgehead atoms. The van der Waals surface area contributed by atoms with Crippen LogP contribution in [0.5, 0.6) is 0 Å². The highest BCUT2D eigenvalue weighted by atomic mass is 15.3. The molecule has 2 aromatic rings. The smallest absolute Gasteiger partial charge is 0.0878 e. The van der Waals surface area contributed by atoms with Crippen LogP contribution >= 0.6 is 0 Å². The third-order valence-electron chi connectivity index (χ3n) is 3.55. The summed E-state index contributed by atoms with van der Waals surface area (Å²) in [5.74, 6) is 5.78. The van der Waals surface area contributed by atoms with Crippen LogP contribution in [0, 0.1) is 6.92 Å². The summed E-state index contributed by atoms with van der Waals surface area (Å²) in [5.41, 5.74) is 7.57. The molecule has 0 saturated carbocycles. The Morgan fingerprint density at radius 2 is 1.95 bits per heavy atom. The van der Waals surface area contributed by atoms with Crippen molar-refractivity contribution in [3.05, 3.63) is 52.8 Å². The molecule has 108 valence electrons. The van der Waals surface area contributed by atoms with E-state index in [0.717, 1.165) is 24.4 Å². The zero-order chi connectivity index (χ0) is 14.5. The molecule has 1 atom stereocenters. The predicted molar refractivity (Wildman–Crippen MR) is 82.2 cm³/mol. The van der Waals surface area contributed by atoms with Crippen molar-refractivity contribution in [2.24, 2.45) is 5.84 Å². The summed E-state index contributed by atoms with van der Waals surface area (Å²) in [7, 11) is 0. The summed E-state index contributed by atoms with van der Waals surface area (Å²) in [6.07, 6.45) is 2.28. The molecular formula is C16H24N4. The Labute approximate surface area is 121 Å². The molecule has 1 heterocycles. The molecule has 0 radical (unpaired) electrons. The van der Waals surface area contributed by atoms with Gasteiger partial charge in [0.2, 0.25) is 0 Å². The van der Waals surface area contributed by atoms with Gasteiger partial charge >= 0.3 is 0 Å². The van der Waals surface area contributed by atoms with Gasteiger partial charge in [-0.1, -0.05) is 37.6 Å². The first-order valence-electron chi connectivity index (χ1n) is 7.28. The first-order chi connectivity index (χ1) is 9.69. The number of hydrazine groups is 1. The summed E-state index contributed by atoms with van der Waals surface area (Å²) in [6, 6.07) is 10.7. The monoisotopic (exact) mass is 272 g/mol. The fourth-order valence-electron chi connectivity index (χ4n) is 2.57. The lowest BCUT2D eigenvalue weighted by Crippen LogP contribution is -2.30. The molecule has 0 aliphatic rings. The van der Waals surface area contributed by atoms with Gasteiger partial charge in [0, 0.05) is 6.54 Å². The van der Waals surface area contributed by atoms with Gasteiger partial charge in [0.1, 0.15) is 0 Å². The highest BCUT2D eigenvalue weighted by Gasteiger charge is 2.17. The summed E-state index contributed by atoms with van der Waals surface area (Å²) in [5, 5.41) is 4.49. The molecule has 1 unspecified atom stereocenters. The Balaban J connectivity index is 2.31. The van der Waals surface area contributed by atoms with E-state index in [1.165, 1.54) is 17.5 Å². The van der Waals surface area contributed by atoms with E-state index in [0.29, 0.717) is 0 Å².